The van der Waals surface area contributed by atoms with Gasteiger partial charge in [0.2, 0.25) is 5.91 Å². The summed E-state index contributed by atoms with van der Waals surface area (Å²) < 4.78 is 5.37. The summed E-state index contributed by atoms with van der Waals surface area (Å²) in [7, 11) is 3.40. The number of methoxy groups -OCH3 is 1. The van der Waals surface area contributed by atoms with Gasteiger partial charge in [-0.15, -0.1) is 24.0 Å². The minimum absolute atomic E-state index is 0. The molecule has 0 aromatic heterocycles. The SMILES string of the molecule is CN=C(NCCc1ccc(C)c(OC)c1)NCc1ccc(C(=O)NCC(N)=O)cc1.I. The van der Waals surface area contributed by atoms with Crippen LogP contribution in [0.3, 0.4) is 0 Å². The van der Waals surface area contributed by atoms with E-state index in [2.05, 4.69) is 33.1 Å². The van der Waals surface area contributed by atoms with Gasteiger partial charge < -0.3 is 26.4 Å². The third-order valence-electron chi connectivity index (χ3n) is 4.50. The molecule has 2 rings (SSSR count). The van der Waals surface area contributed by atoms with Crippen molar-refractivity contribution in [1.29, 1.82) is 0 Å². The Morgan fingerprint density at radius 3 is 2.32 bits per heavy atom. The van der Waals surface area contributed by atoms with E-state index < -0.39 is 5.91 Å². The van der Waals surface area contributed by atoms with Crippen molar-refractivity contribution in [1.82, 2.24) is 16.0 Å². The molecule has 0 heterocycles. The first-order valence-electron chi connectivity index (χ1n) is 9.66. The van der Waals surface area contributed by atoms with Crippen molar-refractivity contribution >= 4 is 41.8 Å². The lowest BCUT2D eigenvalue weighted by Crippen LogP contribution is -2.37. The molecule has 0 spiro atoms. The van der Waals surface area contributed by atoms with E-state index >= 15 is 0 Å². The van der Waals surface area contributed by atoms with Gasteiger partial charge in [-0.05, 0) is 48.2 Å². The van der Waals surface area contributed by atoms with E-state index in [0.717, 1.165) is 29.8 Å². The molecule has 0 aliphatic heterocycles. The minimum Gasteiger partial charge on any atom is -0.496 e. The summed E-state index contributed by atoms with van der Waals surface area (Å²) in [6.45, 7) is 3.12. The van der Waals surface area contributed by atoms with E-state index in [0.29, 0.717) is 18.1 Å². The fourth-order valence-electron chi connectivity index (χ4n) is 2.79. The lowest BCUT2D eigenvalue weighted by molar-refractivity contribution is -0.117. The zero-order valence-electron chi connectivity index (χ0n) is 18.0. The van der Waals surface area contributed by atoms with Crippen LogP contribution in [0.15, 0.2) is 47.5 Å². The lowest BCUT2D eigenvalue weighted by atomic mass is 10.1. The molecule has 9 heteroatoms. The van der Waals surface area contributed by atoms with Crippen LogP contribution in [0, 0.1) is 6.92 Å². The van der Waals surface area contributed by atoms with Gasteiger partial charge in [0.25, 0.3) is 5.91 Å². The average Bonchev–Trinajstić information content (AvgIpc) is 2.75. The molecule has 8 nitrogen and oxygen atoms in total. The van der Waals surface area contributed by atoms with E-state index in [1.54, 1.807) is 26.3 Å². The molecule has 2 aromatic rings. The van der Waals surface area contributed by atoms with Gasteiger partial charge in [0.15, 0.2) is 5.96 Å². The number of rotatable bonds is 9. The Hall–Kier alpha value is -2.82. The first-order chi connectivity index (χ1) is 14.4. The van der Waals surface area contributed by atoms with Crippen LogP contribution < -0.4 is 26.4 Å². The first-order valence-corrected chi connectivity index (χ1v) is 9.66. The summed E-state index contributed by atoms with van der Waals surface area (Å²) in [5.74, 6) is 0.669. The number of aliphatic imine (C=N–C) groups is 1. The van der Waals surface area contributed by atoms with E-state index in [1.165, 1.54) is 5.56 Å². The molecule has 0 radical (unpaired) electrons. The summed E-state index contributed by atoms with van der Waals surface area (Å²) in [6.07, 6.45) is 0.840. The maximum absolute atomic E-state index is 11.9. The first kappa shape index (κ1) is 26.2. The van der Waals surface area contributed by atoms with Crippen molar-refractivity contribution in [3.8, 4) is 5.75 Å². The molecule has 0 unspecified atom stereocenters. The molecule has 168 valence electrons. The molecule has 0 aliphatic rings. The standard InChI is InChI=1S/C22H29N5O3.HI/c1-15-4-5-16(12-19(15)30-3)10-11-25-22(24-2)27-13-17-6-8-18(9-7-17)21(29)26-14-20(23)28;/h4-9,12H,10-11,13-14H2,1-3H3,(H2,23,28)(H,26,29)(H2,24,25,27);1H. The predicted molar refractivity (Wildman–Crippen MR) is 133 cm³/mol. The number of ether oxygens (including phenoxy) is 1. The molecule has 2 amide bonds. The maximum atomic E-state index is 11.9. The Balaban J connectivity index is 0.00000480. The fourth-order valence-corrected chi connectivity index (χ4v) is 2.79. The monoisotopic (exact) mass is 539 g/mol. The largest absolute Gasteiger partial charge is 0.496 e. The zero-order valence-corrected chi connectivity index (χ0v) is 20.4. The van der Waals surface area contributed by atoms with Gasteiger partial charge in [0.05, 0.1) is 13.7 Å². The normalized spacial score (nSPS) is 10.6. The number of hydrogen-bond donors (Lipinski definition) is 4. The summed E-state index contributed by atoms with van der Waals surface area (Å²) in [4.78, 5) is 26.9. The van der Waals surface area contributed by atoms with Crippen LogP contribution in [0.1, 0.15) is 27.0 Å². The van der Waals surface area contributed by atoms with Crippen molar-refractivity contribution < 1.29 is 14.3 Å². The fraction of sp³-hybridized carbons (Fsp3) is 0.318. The molecule has 0 saturated heterocycles. The third kappa shape index (κ3) is 8.83. The number of halogens is 1. The average molecular weight is 539 g/mol. The second kappa shape index (κ2) is 13.5. The molecule has 0 bridgehead atoms. The van der Waals surface area contributed by atoms with E-state index in [1.807, 2.05) is 25.1 Å². The van der Waals surface area contributed by atoms with Crippen LogP contribution in [0.25, 0.3) is 0 Å². The highest BCUT2D eigenvalue weighted by Crippen LogP contribution is 2.19. The van der Waals surface area contributed by atoms with Crippen molar-refractivity contribution in [2.75, 3.05) is 27.2 Å². The predicted octanol–water partition coefficient (Wildman–Crippen LogP) is 1.74. The number of amides is 2. The van der Waals surface area contributed by atoms with Crippen LogP contribution in [0.4, 0.5) is 0 Å². The summed E-state index contributed by atoms with van der Waals surface area (Å²) in [6, 6.07) is 13.3. The minimum atomic E-state index is -0.579. The Kier molecular flexibility index (Phi) is 11.4. The Labute approximate surface area is 200 Å². The molecule has 0 saturated carbocycles. The number of carbonyl (C=O) groups is 2. The van der Waals surface area contributed by atoms with Gasteiger partial charge in [-0.3, -0.25) is 14.6 Å². The van der Waals surface area contributed by atoms with Gasteiger partial charge >= 0.3 is 0 Å². The number of carbonyl (C=O) groups excluding carboxylic acids is 2. The van der Waals surface area contributed by atoms with Crippen molar-refractivity contribution in [3.05, 3.63) is 64.7 Å². The Morgan fingerprint density at radius 2 is 1.71 bits per heavy atom. The highest BCUT2D eigenvalue weighted by molar-refractivity contribution is 14.0. The summed E-state index contributed by atoms with van der Waals surface area (Å²) >= 11 is 0. The number of nitrogens with zero attached hydrogens (tertiary/aromatic N) is 1. The highest BCUT2D eigenvalue weighted by Gasteiger charge is 2.07. The molecular weight excluding hydrogens is 509 g/mol. The smallest absolute Gasteiger partial charge is 0.251 e. The molecule has 0 fully saturated rings. The molecule has 0 atom stereocenters. The Morgan fingerprint density at radius 1 is 1.03 bits per heavy atom. The zero-order chi connectivity index (χ0) is 21.9. The van der Waals surface area contributed by atoms with E-state index in [9.17, 15) is 9.59 Å². The van der Waals surface area contributed by atoms with Gasteiger partial charge in [-0.25, -0.2) is 0 Å². The number of primary amides is 1. The Bertz CT molecular complexity index is 901. The molecule has 31 heavy (non-hydrogen) atoms. The van der Waals surface area contributed by atoms with Crippen LogP contribution >= 0.6 is 24.0 Å². The topological polar surface area (TPSA) is 118 Å². The van der Waals surface area contributed by atoms with E-state index in [4.69, 9.17) is 10.5 Å². The number of nitrogens with one attached hydrogen (secondary N) is 3. The molecule has 5 N–H and O–H groups in total. The molecule has 0 aliphatic carbocycles. The number of hydrogen-bond acceptors (Lipinski definition) is 4. The quantitative estimate of drug-likeness (QED) is 0.220. The lowest BCUT2D eigenvalue weighted by Gasteiger charge is -2.13. The maximum Gasteiger partial charge on any atom is 0.251 e. The molecule has 2 aromatic carbocycles. The van der Waals surface area contributed by atoms with Crippen molar-refractivity contribution in [2.45, 2.75) is 19.9 Å². The molecular formula is C22H30IN5O3. The number of guanidine groups is 1. The van der Waals surface area contributed by atoms with Crippen molar-refractivity contribution in [2.24, 2.45) is 10.7 Å². The summed E-state index contributed by atoms with van der Waals surface area (Å²) in [5, 5.41) is 8.99. The number of aryl methyl sites for hydroxylation is 1. The van der Waals surface area contributed by atoms with E-state index in [-0.39, 0.29) is 36.4 Å². The number of nitrogens with two attached hydrogens (primary N) is 1. The second-order valence-electron chi connectivity index (χ2n) is 6.75. The van der Waals surface area contributed by atoms with Gasteiger partial charge in [0, 0.05) is 25.7 Å². The van der Waals surface area contributed by atoms with Crippen molar-refractivity contribution in [3.63, 3.8) is 0 Å². The van der Waals surface area contributed by atoms with Crippen LogP contribution in [-0.2, 0) is 17.8 Å². The second-order valence-corrected chi connectivity index (χ2v) is 6.75. The third-order valence-corrected chi connectivity index (χ3v) is 4.50. The summed E-state index contributed by atoms with van der Waals surface area (Å²) in [5.41, 5.74) is 8.79. The van der Waals surface area contributed by atoms with Crippen LogP contribution in [0.5, 0.6) is 5.75 Å². The van der Waals surface area contributed by atoms with Gasteiger partial charge in [-0.1, -0.05) is 24.3 Å². The van der Waals surface area contributed by atoms with Gasteiger partial charge in [-0.2, -0.15) is 0 Å². The van der Waals surface area contributed by atoms with Gasteiger partial charge in [0.1, 0.15) is 5.75 Å². The number of benzene rings is 2. The van der Waals surface area contributed by atoms with Crippen LogP contribution in [-0.4, -0.2) is 45.0 Å². The highest BCUT2D eigenvalue weighted by atomic mass is 127. The van der Waals surface area contributed by atoms with Crippen LogP contribution in [0.2, 0.25) is 0 Å².